The van der Waals surface area contributed by atoms with Gasteiger partial charge < -0.3 is 4.90 Å². The SMILES string of the molecule is CS(=O)(=O)N1CCCN(c2ccc(C#N)cc2[N+](=O)[O-])CC1. The highest BCUT2D eigenvalue weighted by Gasteiger charge is 2.25. The summed E-state index contributed by atoms with van der Waals surface area (Å²) in [6.07, 6.45) is 1.75. The van der Waals surface area contributed by atoms with Crippen molar-refractivity contribution >= 4 is 21.4 Å². The van der Waals surface area contributed by atoms with Gasteiger partial charge in [0.2, 0.25) is 10.0 Å². The second-order valence-electron chi connectivity index (χ2n) is 5.08. The summed E-state index contributed by atoms with van der Waals surface area (Å²) in [6, 6.07) is 6.20. The fourth-order valence-corrected chi connectivity index (χ4v) is 3.35. The van der Waals surface area contributed by atoms with Crippen molar-refractivity contribution < 1.29 is 13.3 Å². The number of nitro benzene ring substituents is 1. The van der Waals surface area contributed by atoms with Crippen molar-refractivity contribution in [1.29, 1.82) is 5.26 Å². The van der Waals surface area contributed by atoms with E-state index in [9.17, 15) is 18.5 Å². The molecule has 1 fully saturated rings. The molecule has 0 aromatic heterocycles. The number of hydrogen-bond donors (Lipinski definition) is 0. The topological polar surface area (TPSA) is 108 Å². The first-order chi connectivity index (χ1) is 10.3. The molecular weight excluding hydrogens is 308 g/mol. The molecule has 1 saturated heterocycles. The van der Waals surface area contributed by atoms with Gasteiger partial charge in [-0.1, -0.05) is 0 Å². The van der Waals surface area contributed by atoms with Gasteiger partial charge in [-0.25, -0.2) is 12.7 Å². The summed E-state index contributed by atoms with van der Waals surface area (Å²) in [7, 11) is -3.26. The van der Waals surface area contributed by atoms with E-state index in [-0.39, 0.29) is 17.8 Å². The molecule has 0 aliphatic carbocycles. The highest BCUT2D eigenvalue weighted by Crippen LogP contribution is 2.30. The molecule has 0 radical (unpaired) electrons. The molecule has 0 unspecified atom stereocenters. The van der Waals surface area contributed by atoms with Crippen LogP contribution in [0.1, 0.15) is 12.0 Å². The lowest BCUT2D eigenvalue weighted by molar-refractivity contribution is -0.384. The van der Waals surface area contributed by atoms with Gasteiger partial charge in [-0.3, -0.25) is 10.1 Å². The lowest BCUT2D eigenvalue weighted by Gasteiger charge is -2.22. The minimum atomic E-state index is -3.26. The van der Waals surface area contributed by atoms with E-state index in [1.165, 1.54) is 16.4 Å². The van der Waals surface area contributed by atoms with Crippen LogP contribution in [0.5, 0.6) is 0 Å². The summed E-state index contributed by atoms with van der Waals surface area (Å²) in [6.45, 7) is 1.59. The number of nitro groups is 1. The molecule has 1 aromatic carbocycles. The van der Waals surface area contributed by atoms with Gasteiger partial charge in [0.25, 0.3) is 5.69 Å². The predicted molar refractivity (Wildman–Crippen MR) is 81.1 cm³/mol. The number of benzene rings is 1. The zero-order chi connectivity index (χ0) is 16.3. The Bertz CT molecular complexity index is 726. The number of hydrogen-bond acceptors (Lipinski definition) is 6. The van der Waals surface area contributed by atoms with Crippen LogP contribution in [0, 0.1) is 21.4 Å². The number of rotatable bonds is 3. The standard InChI is InChI=1S/C13H16N4O4S/c1-22(20,21)16-6-2-5-15(7-8-16)12-4-3-11(10-14)9-13(12)17(18)19/h3-4,9H,2,5-8H2,1H3. The predicted octanol–water partition coefficient (Wildman–Crippen LogP) is 0.938. The summed E-state index contributed by atoms with van der Waals surface area (Å²) in [5, 5.41) is 20.1. The van der Waals surface area contributed by atoms with E-state index in [1.54, 1.807) is 11.0 Å². The highest BCUT2D eigenvalue weighted by atomic mass is 32.2. The average Bonchev–Trinajstić information content (AvgIpc) is 2.72. The van der Waals surface area contributed by atoms with Crippen LogP contribution in [-0.2, 0) is 10.0 Å². The first kappa shape index (κ1) is 16.2. The second-order valence-corrected chi connectivity index (χ2v) is 7.06. The number of anilines is 1. The molecule has 22 heavy (non-hydrogen) atoms. The van der Waals surface area contributed by atoms with Crippen molar-refractivity contribution in [1.82, 2.24) is 4.31 Å². The molecule has 1 aliphatic rings. The molecule has 8 nitrogen and oxygen atoms in total. The zero-order valence-electron chi connectivity index (χ0n) is 12.1. The third-order valence-electron chi connectivity index (χ3n) is 3.57. The number of nitriles is 1. The fraction of sp³-hybridized carbons (Fsp3) is 0.462. The molecule has 0 atom stereocenters. The van der Waals surface area contributed by atoms with Crippen LogP contribution in [0.15, 0.2) is 18.2 Å². The number of nitrogens with zero attached hydrogens (tertiary/aromatic N) is 4. The Kier molecular flexibility index (Phi) is 4.63. The van der Waals surface area contributed by atoms with Crippen molar-refractivity contribution in [2.75, 3.05) is 37.3 Å². The Balaban J connectivity index is 2.29. The molecule has 0 amide bonds. The van der Waals surface area contributed by atoms with Crippen LogP contribution in [-0.4, -0.2) is 50.1 Å². The molecule has 9 heteroatoms. The quantitative estimate of drug-likeness (QED) is 0.605. The molecule has 2 rings (SSSR count). The van der Waals surface area contributed by atoms with Crippen molar-refractivity contribution in [2.45, 2.75) is 6.42 Å². The lowest BCUT2D eigenvalue weighted by Crippen LogP contribution is -2.34. The van der Waals surface area contributed by atoms with Crippen molar-refractivity contribution in [3.8, 4) is 6.07 Å². The lowest BCUT2D eigenvalue weighted by atomic mass is 10.1. The largest absolute Gasteiger partial charge is 0.365 e. The van der Waals surface area contributed by atoms with E-state index in [0.29, 0.717) is 31.7 Å². The molecule has 0 N–H and O–H groups in total. The summed E-state index contributed by atoms with van der Waals surface area (Å²) < 4.78 is 24.6. The molecule has 1 aliphatic heterocycles. The third kappa shape index (κ3) is 3.52. The monoisotopic (exact) mass is 324 g/mol. The normalized spacial score (nSPS) is 16.8. The Morgan fingerprint density at radius 3 is 2.59 bits per heavy atom. The van der Waals surface area contributed by atoms with Crippen molar-refractivity contribution in [2.24, 2.45) is 0 Å². The Morgan fingerprint density at radius 1 is 1.27 bits per heavy atom. The van der Waals surface area contributed by atoms with Gasteiger partial charge in [0.1, 0.15) is 5.69 Å². The summed E-state index contributed by atoms with van der Waals surface area (Å²) in [5.74, 6) is 0. The maximum Gasteiger partial charge on any atom is 0.293 e. The Hall–Kier alpha value is -2.18. The van der Waals surface area contributed by atoms with Crippen molar-refractivity contribution in [3.63, 3.8) is 0 Å². The van der Waals surface area contributed by atoms with E-state index >= 15 is 0 Å². The smallest absolute Gasteiger partial charge is 0.293 e. The van der Waals surface area contributed by atoms with Gasteiger partial charge in [-0.05, 0) is 18.6 Å². The molecular formula is C13H16N4O4S. The van der Waals surface area contributed by atoms with Crippen LogP contribution in [0.4, 0.5) is 11.4 Å². The first-order valence-electron chi connectivity index (χ1n) is 6.71. The minimum absolute atomic E-state index is 0.133. The van der Waals surface area contributed by atoms with Gasteiger partial charge in [0.15, 0.2) is 0 Å². The average molecular weight is 324 g/mol. The van der Waals surface area contributed by atoms with Gasteiger partial charge in [0.05, 0.1) is 22.8 Å². The molecule has 1 aromatic rings. The molecule has 0 bridgehead atoms. The highest BCUT2D eigenvalue weighted by molar-refractivity contribution is 7.88. The minimum Gasteiger partial charge on any atom is -0.365 e. The van der Waals surface area contributed by atoms with Crippen molar-refractivity contribution in [3.05, 3.63) is 33.9 Å². The summed E-state index contributed by atoms with van der Waals surface area (Å²) >= 11 is 0. The summed E-state index contributed by atoms with van der Waals surface area (Å²) in [4.78, 5) is 12.5. The maximum atomic E-state index is 11.6. The summed E-state index contributed by atoms with van der Waals surface area (Å²) in [5.41, 5.74) is 0.509. The first-order valence-corrected chi connectivity index (χ1v) is 8.56. The second kappa shape index (κ2) is 6.29. The number of sulfonamides is 1. The van der Waals surface area contributed by atoms with Crippen LogP contribution in [0.2, 0.25) is 0 Å². The van der Waals surface area contributed by atoms with E-state index in [1.807, 2.05) is 6.07 Å². The Morgan fingerprint density at radius 2 is 2.00 bits per heavy atom. The van der Waals surface area contributed by atoms with Gasteiger partial charge >= 0.3 is 0 Å². The third-order valence-corrected chi connectivity index (χ3v) is 4.87. The molecule has 0 saturated carbocycles. The Labute approximate surface area is 128 Å². The van der Waals surface area contributed by atoms with Crippen LogP contribution in [0.3, 0.4) is 0 Å². The van der Waals surface area contributed by atoms with E-state index in [4.69, 9.17) is 5.26 Å². The van der Waals surface area contributed by atoms with Crippen LogP contribution < -0.4 is 4.90 Å². The van der Waals surface area contributed by atoms with Gasteiger partial charge in [-0.15, -0.1) is 0 Å². The van der Waals surface area contributed by atoms with Gasteiger partial charge in [-0.2, -0.15) is 5.26 Å². The van der Waals surface area contributed by atoms with E-state index in [2.05, 4.69) is 0 Å². The molecule has 0 spiro atoms. The fourth-order valence-electron chi connectivity index (χ4n) is 2.47. The molecule has 118 valence electrons. The van der Waals surface area contributed by atoms with E-state index in [0.717, 1.165) is 6.26 Å². The van der Waals surface area contributed by atoms with Crippen LogP contribution >= 0.6 is 0 Å². The van der Waals surface area contributed by atoms with Crippen LogP contribution in [0.25, 0.3) is 0 Å². The van der Waals surface area contributed by atoms with Gasteiger partial charge in [0, 0.05) is 32.2 Å². The maximum absolute atomic E-state index is 11.6. The van der Waals surface area contributed by atoms with E-state index < -0.39 is 14.9 Å². The zero-order valence-corrected chi connectivity index (χ0v) is 12.9. The molecule has 1 heterocycles.